The minimum atomic E-state index is -0.356. The highest BCUT2D eigenvalue weighted by Gasteiger charge is 2.13. The number of anilines is 1. The predicted molar refractivity (Wildman–Crippen MR) is 110 cm³/mol. The van der Waals surface area contributed by atoms with Gasteiger partial charge in [0.25, 0.3) is 11.8 Å². The predicted octanol–water partition coefficient (Wildman–Crippen LogP) is 3.53. The molecule has 0 aromatic heterocycles. The zero-order valence-corrected chi connectivity index (χ0v) is 16.5. The van der Waals surface area contributed by atoms with Crippen molar-refractivity contribution < 1.29 is 14.4 Å². The van der Waals surface area contributed by atoms with Gasteiger partial charge in [-0.25, -0.2) is 0 Å². The molecule has 0 unspecified atom stereocenters. The van der Waals surface area contributed by atoms with Crippen molar-refractivity contribution in [3.63, 3.8) is 0 Å². The Morgan fingerprint density at radius 2 is 1.68 bits per heavy atom. The van der Waals surface area contributed by atoms with Gasteiger partial charge >= 0.3 is 0 Å². The first-order chi connectivity index (χ1) is 13.3. The minimum absolute atomic E-state index is 0.00371. The van der Waals surface area contributed by atoms with Gasteiger partial charge in [0, 0.05) is 23.7 Å². The molecule has 2 aromatic rings. The first kappa shape index (κ1) is 21.2. The first-order valence-corrected chi connectivity index (χ1v) is 9.09. The molecule has 0 bridgehead atoms. The number of rotatable bonds is 7. The van der Waals surface area contributed by atoms with Crippen molar-refractivity contribution in [3.05, 3.63) is 76.8 Å². The summed E-state index contributed by atoms with van der Waals surface area (Å²) in [5, 5.41) is 8.50. The molecule has 0 radical (unpaired) electrons. The average molecular weight is 400 g/mol. The molecule has 3 N–H and O–H groups in total. The quantitative estimate of drug-likeness (QED) is 0.622. The second-order valence-corrected chi connectivity index (χ2v) is 6.80. The van der Waals surface area contributed by atoms with Crippen LogP contribution in [0, 0.1) is 0 Å². The summed E-state index contributed by atoms with van der Waals surface area (Å²) in [4.78, 5) is 35.8. The number of benzene rings is 2. The van der Waals surface area contributed by atoms with Gasteiger partial charge in [-0.15, -0.1) is 0 Å². The standard InChI is InChI=1S/C21H22ClN3O3/c1-4-19(26)23-12-14-5-7-15(8-6-14)20(27)25-18-11-16(9-10-17(18)22)21(28)24-13(2)3/h4-11,13H,1,12H2,2-3H3,(H,23,26)(H,24,28)(H,25,27). The summed E-state index contributed by atoms with van der Waals surface area (Å²) < 4.78 is 0. The zero-order valence-electron chi connectivity index (χ0n) is 15.7. The van der Waals surface area contributed by atoms with Crippen LogP contribution in [0.3, 0.4) is 0 Å². The Kier molecular flexibility index (Phi) is 7.35. The summed E-state index contributed by atoms with van der Waals surface area (Å²) in [5.41, 5.74) is 2.02. The molecule has 0 aliphatic rings. The Labute approximate surface area is 169 Å². The smallest absolute Gasteiger partial charge is 0.255 e. The molecule has 0 heterocycles. The number of carbonyl (C=O) groups is 3. The molecule has 2 aromatic carbocycles. The van der Waals surface area contributed by atoms with Gasteiger partial charge < -0.3 is 16.0 Å². The summed E-state index contributed by atoms with van der Waals surface area (Å²) in [6.45, 7) is 7.45. The fourth-order valence-electron chi connectivity index (χ4n) is 2.34. The number of hydrogen-bond donors (Lipinski definition) is 3. The normalized spacial score (nSPS) is 10.3. The molecular weight excluding hydrogens is 378 g/mol. The van der Waals surface area contributed by atoms with E-state index in [9.17, 15) is 14.4 Å². The topological polar surface area (TPSA) is 87.3 Å². The maximum Gasteiger partial charge on any atom is 0.255 e. The maximum atomic E-state index is 12.5. The van der Waals surface area contributed by atoms with Gasteiger partial charge in [-0.05, 0) is 55.8 Å². The summed E-state index contributed by atoms with van der Waals surface area (Å²) in [6.07, 6.45) is 1.20. The molecule has 0 spiro atoms. The Hall–Kier alpha value is -3.12. The third-order valence-corrected chi connectivity index (χ3v) is 4.09. The molecule has 146 valence electrons. The second kappa shape index (κ2) is 9.71. The highest BCUT2D eigenvalue weighted by molar-refractivity contribution is 6.34. The Morgan fingerprint density at radius 1 is 1.04 bits per heavy atom. The van der Waals surface area contributed by atoms with Crippen LogP contribution < -0.4 is 16.0 Å². The van der Waals surface area contributed by atoms with Crippen molar-refractivity contribution in [2.75, 3.05) is 5.32 Å². The summed E-state index contributed by atoms with van der Waals surface area (Å²) >= 11 is 6.15. The van der Waals surface area contributed by atoms with Crippen LogP contribution >= 0.6 is 11.6 Å². The molecule has 6 nitrogen and oxygen atoms in total. The molecule has 0 aliphatic heterocycles. The molecule has 2 rings (SSSR count). The second-order valence-electron chi connectivity index (χ2n) is 6.40. The van der Waals surface area contributed by atoms with Crippen LogP contribution in [-0.2, 0) is 11.3 Å². The van der Waals surface area contributed by atoms with Crippen LogP contribution in [0.5, 0.6) is 0 Å². The molecule has 0 saturated heterocycles. The van der Waals surface area contributed by atoms with E-state index in [1.165, 1.54) is 12.1 Å². The van der Waals surface area contributed by atoms with Crippen molar-refractivity contribution in [3.8, 4) is 0 Å². The number of hydrogen-bond acceptors (Lipinski definition) is 3. The molecular formula is C21H22ClN3O3. The average Bonchev–Trinajstić information content (AvgIpc) is 2.67. The highest BCUT2D eigenvalue weighted by Crippen LogP contribution is 2.24. The monoisotopic (exact) mass is 399 g/mol. The van der Waals surface area contributed by atoms with Crippen molar-refractivity contribution in [2.24, 2.45) is 0 Å². The maximum absolute atomic E-state index is 12.5. The van der Waals surface area contributed by atoms with Crippen molar-refractivity contribution in [1.82, 2.24) is 10.6 Å². The lowest BCUT2D eigenvalue weighted by Gasteiger charge is -2.12. The lowest BCUT2D eigenvalue weighted by molar-refractivity contribution is -0.116. The van der Waals surface area contributed by atoms with E-state index in [1.54, 1.807) is 36.4 Å². The van der Waals surface area contributed by atoms with E-state index in [-0.39, 0.29) is 23.8 Å². The van der Waals surface area contributed by atoms with Gasteiger partial charge in [0.15, 0.2) is 0 Å². The summed E-state index contributed by atoms with van der Waals surface area (Å²) in [6, 6.07) is 11.5. The van der Waals surface area contributed by atoms with Gasteiger partial charge in [-0.2, -0.15) is 0 Å². The Morgan fingerprint density at radius 3 is 2.29 bits per heavy atom. The van der Waals surface area contributed by atoms with Crippen LogP contribution in [-0.4, -0.2) is 23.8 Å². The molecule has 7 heteroatoms. The number of nitrogens with one attached hydrogen (secondary N) is 3. The van der Waals surface area contributed by atoms with Gasteiger partial charge in [0.1, 0.15) is 0 Å². The van der Waals surface area contributed by atoms with E-state index < -0.39 is 0 Å². The number of carbonyl (C=O) groups excluding carboxylic acids is 3. The van der Waals surface area contributed by atoms with Crippen LogP contribution in [0.15, 0.2) is 55.1 Å². The van der Waals surface area contributed by atoms with Crippen LogP contribution in [0.1, 0.15) is 40.1 Å². The van der Waals surface area contributed by atoms with E-state index in [0.717, 1.165) is 5.56 Å². The van der Waals surface area contributed by atoms with Gasteiger partial charge in [-0.1, -0.05) is 30.3 Å². The van der Waals surface area contributed by atoms with Gasteiger partial charge in [0.05, 0.1) is 10.7 Å². The fourth-order valence-corrected chi connectivity index (χ4v) is 2.50. The molecule has 0 aliphatic carbocycles. The molecule has 3 amide bonds. The Bertz CT molecular complexity index is 892. The first-order valence-electron chi connectivity index (χ1n) is 8.71. The van der Waals surface area contributed by atoms with Gasteiger partial charge in [-0.3, -0.25) is 14.4 Å². The number of amides is 3. The minimum Gasteiger partial charge on any atom is -0.350 e. The number of halogens is 1. The van der Waals surface area contributed by atoms with Crippen molar-refractivity contribution in [1.29, 1.82) is 0 Å². The summed E-state index contributed by atoms with van der Waals surface area (Å²) in [7, 11) is 0. The summed E-state index contributed by atoms with van der Waals surface area (Å²) in [5.74, 6) is -0.865. The highest BCUT2D eigenvalue weighted by atomic mass is 35.5. The Balaban J connectivity index is 2.08. The molecule has 0 atom stereocenters. The van der Waals surface area contributed by atoms with E-state index in [2.05, 4.69) is 22.5 Å². The third kappa shape index (κ3) is 5.96. The van der Waals surface area contributed by atoms with Crippen LogP contribution in [0.2, 0.25) is 5.02 Å². The van der Waals surface area contributed by atoms with Gasteiger partial charge in [0.2, 0.25) is 5.91 Å². The van der Waals surface area contributed by atoms with E-state index >= 15 is 0 Å². The van der Waals surface area contributed by atoms with Crippen molar-refractivity contribution >= 4 is 35.0 Å². The lowest BCUT2D eigenvalue weighted by Crippen LogP contribution is -2.30. The fraction of sp³-hybridized carbons (Fsp3) is 0.190. The van der Waals surface area contributed by atoms with Crippen molar-refractivity contribution in [2.45, 2.75) is 26.4 Å². The largest absolute Gasteiger partial charge is 0.350 e. The lowest BCUT2D eigenvalue weighted by atomic mass is 10.1. The molecule has 0 saturated carbocycles. The van der Waals surface area contributed by atoms with Crippen LogP contribution in [0.25, 0.3) is 0 Å². The van der Waals surface area contributed by atoms with E-state index in [0.29, 0.717) is 28.4 Å². The van der Waals surface area contributed by atoms with E-state index in [4.69, 9.17) is 11.6 Å². The zero-order chi connectivity index (χ0) is 20.7. The molecule has 0 fully saturated rings. The van der Waals surface area contributed by atoms with E-state index in [1.807, 2.05) is 13.8 Å². The van der Waals surface area contributed by atoms with Crippen LogP contribution in [0.4, 0.5) is 5.69 Å². The molecule has 28 heavy (non-hydrogen) atoms. The third-order valence-electron chi connectivity index (χ3n) is 3.76. The SMILES string of the molecule is C=CC(=O)NCc1ccc(C(=O)Nc2cc(C(=O)NC(C)C)ccc2Cl)cc1.